The maximum Gasteiger partial charge on any atom is 0.0952 e. The SMILES string of the molecule is CCC1C2C[C@@H](C(O)c3ccnc4ccc(C)cc34)N3CCC123. The molecular weight excluding hydrogens is 284 g/mol. The van der Waals surface area contributed by atoms with Crippen LogP contribution in [-0.4, -0.2) is 33.1 Å². The van der Waals surface area contributed by atoms with E-state index < -0.39 is 6.10 Å². The van der Waals surface area contributed by atoms with Gasteiger partial charge in [0.25, 0.3) is 0 Å². The minimum atomic E-state index is -0.398. The van der Waals surface area contributed by atoms with Gasteiger partial charge in [0, 0.05) is 29.7 Å². The number of pyridine rings is 1. The van der Waals surface area contributed by atoms with Crippen molar-refractivity contribution in [3.05, 3.63) is 41.6 Å². The Morgan fingerprint density at radius 3 is 2.96 bits per heavy atom. The topological polar surface area (TPSA) is 36.4 Å². The molecule has 3 heteroatoms. The normalized spacial score (nSPS) is 36.4. The van der Waals surface area contributed by atoms with E-state index in [-0.39, 0.29) is 0 Å². The Morgan fingerprint density at radius 2 is 2.26 bits per heavy atom. The number of hydrogen-bond donors (Lipinski definition) is 1. The van der Waals surface area contributed by atoms with Crippen LogP contribution in [0.15, 0.2) is 30.5 Å². The fraction of sp³-hybridized carbons (Fsp3) is 0.550. The van der Waals surface area contributed by atoms with Crippen molar-refractivity contribution in [3.63, 3.8) is 0 Å². The molecule has 2 saturated heterocycles. The van der Waals surface area contributed by atoms with Crippen LogP contribution < -0.4 is 0 Å². The summed E-state index contributed by atoms with van der Waals surface area (Å²) in [5.74, 6) is 1.71. The third kappa shape index (κ3) is 1.65. The van der Waals surface area contributed by atoms with E-state index in [1.54, 1.807) is 0 Å². The van der Waals surface area contributed by atoms with Crippen molar-refractivity contribution in [1.29, 1.82) is 0 Å². The van der Waals surface area contributed by atoms with Gasteiger partial charge in [-0.05, 0) is 55.4 Å². The van der Waals surface area contributed by atoms with E-state index in [4.69, 9.17) is 0 Å². The maximum absolute atomic E-state index is 11.2. The molecule has 5 rings (SSSR count). The fourth-order valence-corrected chi connectivity index (χ4v) is 5.80. The summed E-state index contributed by atoms with van der Waals surface area (Å²) < 4.78 is 0. The highest BCUT2D eigenvalue weighted by molar-refractivity contribution is 5.83. The van der Waals surface area contributed by atoms with Gasteiger partial charge in [-0.15, -0.1) is 0 Å². The van der Waals surface area contributed by atoms with Crippen LogP contribution in [0.1, 0.15) is 43.4 Å². The van der Waals surface area contributed by atoms with Gasteiger partial charge in [-0.1, -0.05) is 25.0 Å². The van der Waals surface area contributed by atoms with Crippen molar-refractivity contribution in [3.8, 4) is 0 Å². The lowest BCUT2D eigenvalue weighted by Gasteiger charge is -2.46. The molecule has 3 nitrogen and oxygen atoms in total. The molecule has 1 N–H and O–H groups in total. The average Bonchev–Trinajstić information content (AvgIpc) is 3.15. The first-order valence-electron chi connectivity index (χ1n) is 8.97. The van der Waals surface area contributed by atoms with E-state index in [1.165, 1.54) is 18.4 Å². The van der Waals surface area contributed by atoms with Crippen molar-refractivity contribution in [2.24, 2.45) is 11.8 Å². The first kappa shape index (κ1) is 13.9. The first-order valence-corrected chi connectivity index (χ1v) is 8.97. The van der Waals surface area contributed by atoms with Crippen LogP contribution >= 0.6 is 0 Å². The number of rotatable bonds is 3. The van der Waals surface area contributed by atoms with E-state index in [0.29, 0.717) is 11.6 Å². The number of piperidine rings is 1. The molecule has 1 saturated carbocycles. The number of fused-ring (bicyclic) bond motifs is 1. The van der Waals surface area contributed by atoms with Gasteiger partial charge >= 0.3 is 0 Å². The summed E-state index contributed by atoms with van der Waals surface area (Å²) >= 11 is 0. The quantitative estimate of drug-likeness (QED) is 0.943. The molecular formula is C20H24N2O. The van der Waals surface area contributed by atoms with Crippen molar-refractivity contribution in [1.82, 2.24) is 9.88 Å². The lowest BCUT2D eigenvalue weighted by Crippen LogP contribution is -2.55. The Labute approximate surface area is 137 Å². The largest absolute Gasteiger partial charge is 0.387 e. The zero-order chi connectivity index (χ0) is 15.8. The molecule has 0 bridgehead atoms. The summed E-state index contributed by atoms with van der Waals surface area (Å²) in [6.07, 6.45) is 5.24. The zero-order valence-electron chi connectivity index (χ0n) is 13.9. The second-order valence-corrected chi connectivity index (χ2v) is 7.72. The van der Waals surface area contributed by atoms with Crippen LogP contribution in [0.5, 0.6) is 0 Å². The summed E-state index contributed by atoms with van der Waals surface area (Å²) in [5, 5.41) is 12.3. The number of aryl methyl sites for hydroxylation is 1. The molecule has 3 heterocycles. The first-order chi connectivity index (χ1) is 11.2. The number of benzene rings is 1. The number of aromatic nitrogens is 1. The molecule has 5 atom stereocenters. The Morgan fingerprint density at radius 1 is 1.39 bits per heavy atom. The second-order valence-electron chi connectivity index (χ2n) is 7.72. The average molecular weight is 308 g/mol. The zero-order valence-corrected chi connectivity index (χ0v) is 13.9. The second kappa shape index (κ2) is 4.55. The van der Waals surface area contributed by atoms with Gasteiger partial charge in [-0.3, -0.25) is 9.88 Å². The van der Waals surface area contributed by atoms with Gasteiger partial charge in [0.2, 0.25) is 0 Å². The Balaban J connectivity index is 1.51. The predicted molar refractivity (Wildman–Crippen MR) is 91.2 cm³/mol. The fourth-order valence-electron chi connectivity index (χ4n) is 5.80. The molecule has 120 valence electrons. The van der Waals surface area contributed by atoms with Crippen molar-refractivity contribution in [2.75, 3.05) is 6.54 Å². The molecule has 2 aromatic rings. The molecule has 1 aliphatic carbocycles. The van der Waals surface area contributed by atoms with Gasteiger partial charge in [-0.25, -0.2) is 0 Å². The molecule has 1 aromatic carbocycles. The highest BCUT2D eigenvalue weighted by atomic mass is 16.3. The molecule has 0 radical (unpaired) electrons. The van der Waals surface area contributed by atoms with E-state index >= 15 is 0 Å². The minimum absolute atomic E-state index is 0.294. The lowest BCUT2D eigenvalue weighted by atomic mass is 9.90. The number of nitrogens with zero attached hydrogens (tertiary/aromatic N) is 2. The standard InChI is InChI=1S/C20H24N2O/c1-3-15-16-11-18(22-9-7-20(15,16)22)19(23)13-6-8-21-17-5-4-12(2)10-14(13)17/h4-6,8,10,15-16,18-19,23H,3,7,9,11H2,1-2H3/t15?,16?,18-,19?,20?/m0/s1. The maximum atomic E-state index is 11.2. The van der Waals surface area contributed by atoms with Crippen molar-refractivity contribution < 1.29 is 5.11 Å². The van der Waals surface area contributed by atoms with Gasteiger partial charge in [0.1, 0.15) is 0 Å². The summed E-state index contributed by atoms with van der Waals surface area (Å²) in [7, 11) is 0. The number of aliphatic hydroxyl groups excluding tert-OH is 1. The number of aliphatic hydroxyl groups is 1. The monoisotopic (exact) mass is 308 g/mol. The molecule has 3 fully saturated rings. The Bertz CT molecular complexity index is 788. The molecule has 1 spiro atoms. The van der Waals surface area contributed by atoms with Gasteiger partial charge in [0.05, 0.1) is 11.6 Å². The number of hydrogen-bond acceptors (Lipinski definition) is 3. The van der Waals surface area contributed by atoms with Crippen LogP contribution in [0.2, 0.25) is 0 Å². The summed E-state index contributed by atoms with van der Waals surface area (Å²) in [6.45, 7) is 5.58. The van der Waals surface area contributed by atoms with Crippen LogP contribution in [0.3, 0.4) is 0 Å². The molecule has 2 aliphatic heterocycles. The third-order valence-electron chi connectivity index (χ3n) is 6.90. The molecule has 0 amide bonds. The summed E-state index contributed by atoms with van der Waals surface area (Å²) in [5.41, 5.74) is 3.74. The lowest BCUT2D eigenvalue weighted by molar-refractivity contribution is -0.0241. The van der Waals surface area contributed by atoms with Crippen LogP contribution in [0.4, 0.5) is 0 Å². The minimum Gasteiger partial charge on any atom is -0.387 e. The van der Waals surface area contributed by atoms with Crippen LogP contribution in [0, 0.1) is 18.8 Å². The molecule has 3 aliphatic rings. The summed E-state index contributed by atoms with van der Waals surface area (Å²) in [4.78, 5) is 7.09. The Hall–Kier alpha value is -1.45. The summed E-state index contributed by atoms with van der Waals surface area (Å²) in [6, 6.07) is 8.62. The van der Waals surface area contributed by atoms with Crippen LogP contribution in [-0.2, 0) is 0 Å². The highest BCUT2D eigenvalue weighted by Crippen LogP contribution is 2.71. The molecule has 23 heavy (non-hydrogen) atoms. The third-order valence-corrected chi connectivity index (χ3v) is 6.90. The Kier molecular flexibility index (Phi) is 2.76. The van der Waals surface area contributed by atoms with Crippen molar-refractivity contribution in [2.45, 2.75) is 50.8 Å². The van der Waals surface area contributed by atoms with Gasteiger partial charge in [0.15, 0.2) is 0 Å². The van der Waals surface area contributed by atoms with E-state index in [0.717, 1.165) is 41.3 Å². The molecule has 4 unspecified atom stereocenters. The molecule has 1 aromatic heterocycles. The van der Waals surface area contributed by atoms with Gasteiger partial charge < -0.3 is 5.11 Å². The van der Waals surface area contributed by atoms with E-state index in [1.807, 2.05) is 12.3 Å². The van der Waals surface area contributed by atoms with Crippen LogP contribution in [0.25, 0.3) is 10.9 Å². The predicted octanol–water partition coefficient (Wildman–Crippen LogP) is 3.45. The highest BCUT2D eigenvalue weighted by Gasteiger charge is 2.76. The van der Waals surface area contributed by atoms with Gasteiger partial charge in [-0.2, -0.15) is 0 Å². The smallest absolute Gasteiger partial charge is 0.0952 e. The van der Waals surface area contributed by atoms with E-state index in [9.17, 15) is 5.11 Å². The van der Waals surface area contributed by atoms with E-state index in [2.05, 4.69) is 41.9 Å². The van der Waals surface area contributed by atoms with Crippen molar-refractivity contribution >= 4 is 10.9 Å².